The Bertz CT molecular complexity index is 487. The number of nitrogen functional groups attached to an aromatic ring is 1. The molecule has 1 heterocycles. The van der Waals surface area contributed by atoms with Gasteiger partial charge in [0.15, 0.2) is 0 Å². The van der Waals surface area contributed by atoms with Crippen LogP contribution in [0.3, 0.4) is 0 Å². The quantitative estimate of drug-likeness (QED) is 0.842. The zero-order valence-electron chi connectivity index (χ0n) is 11.7. The minimum atomic E-state index is -0.0367. The predicted molar refractivity (Wildman–Crippen MR) is 87.4 cm³/mol. The molecule has 0 aromatic heterocycles. The Labute approximate surface area is 129 Å². The van der Waals surface area contributed by atoms with E-state index in [1.807, 2.05) is 11.8 Å². The Morgan fingerprint density at radius 2 is 2.10 bits per heavy atom. The molecule has 2 atom stereocenters. The maximum Gasteiger partial charge on any atom is 0.238 e. The highest BCUT2D eigenvalue weighted by atomic mass is 35.5. The molecule has 110 valence electrons. The lowest BCUT2D eigenvalue weighted by Crippen LogP contribution is -2.44. The van der Waals surface area contributed by atoms with E-state index in [1.54, 1.807) is 18.2 Å². The third kappa shape index (κ3) is 4.30. The Hall–Kier alpha value is -0.910. The van der Waals surface area contributed by atoms with Crippen LogP contribution in [0.4, 0.5) is 11.4 Å². The van der Waals surface area contributed by atoms with Gasteiger partial charge in [-0.25, -0.2) is 0 Å². The number of nitrogens with two attached hydrogens (primary N) is 1. The van der Waals surface area contributed by atoms with E-state index >= 15 is 0 Å². The maximum absolute atomic E-state index is 12.1. The van der Waals surface area contributed by atoms with Crippen LogP contribution >= 0.6 is 23.4 Å². The Balaban J connectivity index is 1.92. The number of carbonyl (C=O) groups excluding carboxylic acids is 1. The van der Waals surface area contributed by atoms with Crippen LogP contribution in [-0.2, 0) is 4.79 Å². The lowest BCUT2D eigenvalue weighted by atomic mass is 10.2. The molecular formula is C14H20ClN3OS. The number of halogens is 1. The van der Waals surface area contributed by atoms with E-state index in [0.29, 0.717) is 33.4 Å². The Morgan fingerprint density at radius 3 is 2.70 bits per heavy atom. The Morgan fingerprint density at radius 1 is 1.45 bits per heavy atom. The van der Waals surface area contributed by atoms with Gasteiger partial charge in [-0.1, -0.05) is 25.4 Å². The zero-order chi connectivity index (χ0) is 14.7. The summed E-state index contributed by atoms with van der Waals surface area (Å²) in [4.78, 5) is 14.3. The summed E-state index contributed by atoms with van der Waals surface area (Å²) in [6.07, 6.45) is 0. The number of anilines is 2. The van der Waals surface area contributed by atoms with Crippen LogP contribution in [0.5, 0.6) is 0 Å². The van der Waals surface area contributed by atoms with Crippen molar-refractivity contribution in [3.8, 4) is 0 Å². The van der Waals surface area contributed by atoms with E-state index in [-0.39, 0.29) is 5.91 Å². The van der Waals surface area contributed by atoms with E-state index in [1.165, 1.54) is 0 Å². The summed E-state index contributed by atoms with van der Waals surface area (Å²) in [6.45, 7) is 6.68. The van der Waals surface area contributed by atoms with E-state index in [2.05, 4.69) is 24.1 Å². The van der Waals surface area contributed by atoms with Crippen LogP contribution in [0.1, 0.15) is 13.8 Å². The van der Waals surface area contributed by atoms with Gasteiger partial charge >= 0.3 is 0 Å². The van der Waals surface area contributed by atoms with E-state index in [9.17, 15) is 4.79 Å². The second kappa shape index (κ2) is 6.70. The lowest BCUT2D eigenvalue weighted by Gasteiger charge is -2.34. The average Bonchev–Trinajstić information content (AvgIpc) is 2.31. The number of amides is 1. The number of hydrogen-bond donors (Lipinski definition) is 2. The van der Waals surface area contributed by atoms with Crippen LogP contribution in [0, 0.1) is 0 Å². The first kappa shape index (κ1) is 15.5. The van der Waals surface area contributed by atoms with Gasteiger partial charge in [-0.15, -0.1) is 0 Å². The summed E-state index contributed by atoms with van der Waals surface area (Å²) in [5.74, 6) is -0.0367. The molecule has 0 saturated carbocycles. The van der Waals surface area contributed by atoms with Crippen molar-refractivity contribution in [2.24, 2.45) is 0 Å². The van der Waals surface area contributed by atoms with Crippen molar-refractivity contribution in [2.45, 2.75) is 24.3 Å². The monoisotopic (exact) mass is 313 g/mol. The van der Waals surface area contributed by atoms with Crippen molar-refractivity contribution in [2.75, 3.05) is 30.7 Å². The van der Waals surface area contributed by atoms with Gasteiger partial charge in [-0.2, -0.15) is 11.8 Å². The van der Waals surface area contributed by atoms with Gasteiger partial charge < -0.3 is 11.1 Å². The normalized spacial score (nSPS) is 23.6. The molecule has 20 heavy (non-hydrogen) atoms. The van der Waals surface area contributed by atoms with Gasteiger partial charge in [-0.05, 0) is 18.2 Å². The Kier molecular flexibility index (Phi) is 5.18. The number of thioether (sulfide) groups is 1. The third-order valence-electron chi connectivity index (χ3n) is 3.15. The highest BCUT2D eigenvalue weighted by molar-refractivity contribution is 8.00. The van der Waals surface area contributed by atoms with Crippen molar-refractivity contribution >= 4 is 40.6 Å². The zero-order valence-corrected chi connectivity index (χ0v) is 13.3. The van der Waals surface area contributed by atoms with E-state index in [0.717, 1.165) is 13.1 Å². The maximum atomic E-state index is 12.1. The van der Waals surface area contributed by atoms with Gasteiger partial charge in [0.25, 0.3) is 0 Å². The number of nitrogens with one attached hydrogen (secondary N) is 1. The molecule has 6 heteroatoms. The SMILES string of the molecule is CC1CN(CC(=O)Nc2ccc(Cl)cc2N)CC(C)S1. The molecule has 1 amide bonds. The summed E-state index contributed by atoms with van der Waals surface area (Å²) in [5, 5.41) is 4.53. The molecule has 1 aliphatic heterocycles. The summed E-state index contributed by atoms with van der Waals surface area (Å²) >= 11 is 7.81. The van der Waals surface area contributed by atoms with Gasteiger partial charge in [0.1, 0.15) is 0 Å². The first-order valence-corrected chi connectivity index (χ1v) is 7.99. The van der Waals surface area contributed by atoms with E-state index in [4.69, 9.17) is 17.3 Å². The van der Waals surface area contributed by atoms with Crippen LogP contribution in [0.2, 0.25) is 5.02 Å². The van der Waals surface area contributed by atoms with Crippen molar-refractivity contribution in [1.29, 1.82) is 0 Å². The molecule has 1 aromatic rings. The van der Waals surface area contributed by atoms with Crippen molar-refractivity contribution in [3.05, 3.63) is 23.2 Å². The van der Waals surface area contributed by atoms with Crippen LogP contribution < -0.4 is 11.1 Å². The van der Waals surface area contributed by atoms with E-state index < -0.39 is 0 Å². The first-order chi connectivity index (χ1) is 9.44. The fourth-order valence-corrected chi connectivity index (χ4v) is 4.02. The summed E-state index contributed by atoms with van der Waals surface area (Å²) in [5.41, 5.74) is 6.94. The minimum Gasteiger partial charge on any atom is -0.397 e. The second-order valence-corrected chi connectivity index (χ2v) is 7.55. The standard InChI is InChI=1S/C14H20ClN3OS/c1-9-6-18(7-10(2)20-9)8-14(19)17-13-4-3-11(15)5-12(13)16/h3-5,9-10H,6-8,16H2,1-2H3,(H,17,19). The second-order valence-electron chi connectivity index (χ2n) is 5.23. The van der Waals surface area contributed by atoms with Crippen molar-refractivity contribution < 1.29 is 4.79 Å². The average molecular weight is 314 g/mol. The molecule has 1 aromatic carbocycles. The molecule has 0 bridgehead atoms. The molecular weight excluding hydrogens is 294 g/mol. The van der Waals surface area contributed by atoms with Crippen molar-refractivity contribution in [3.63, 3.8) is 0 Å². The van der Waals surface area contributed by atoms with Gasteiger partial charge in [0, 0.05) is 28.6 Å². The summed E-state index contributed by atoms with van der Waals surface area (Å²) in [6, 6.07) is 5.08. The highest BCUT2D eigenvalue weighted by Crippen LogP contribution is 2.25. The largest absolute Gasteiger partial charge is 0.397 e. The number of rotatable bonds is 3. The molecule has 4 nitrogen and oxygen atoms in total. The molecule has 1 saturated heterocycles. The number of hydrogen-bond acceptors (Lipinski definition) is 4. The van der Waals surface area contributed by atoms with Gasteiger partial charge in [0.05, 0.1) is 17.9 Å². The molecule has 1 aliphatic rings. The smallest absolute Gasteiger partial charge is 0.238 e. The number of benzene rings is 1. The van der Waals surface area contributed by atoms with Gasteiger partial charge in [0.2, 0.25) is 5.91 Å². The minimum absolute atomic E-state index is 0.0367. The predicted octanol–water partition coefficient (Wildman–Crippen LogP) is 2.69. The highest BCUT2D eigenvalue weighted by Gasteiger charge is 2.23. The van der Waals surface area contributed by atoms with Crippen LogP contribution in [0.25, 0.3) is 0 Å². The lowest BCUT2D eigenvalue weighted by molar-refractivity contribution is -0.117. The fraction of sp³-hybridized carbons (Fsp3) is 0.500. The number of nitrogens with zero attached hydrogens (tertiary/aromatic N) is 1. The molecule has 0 spiro atoms. The molecule has 2 rings (SSSR count). The van der Waals surface area contributed by atoms with Crippen LogP contribution in [-0.4, -0.2) is 40.9 Å². The number of carbonyl (C=O) groups is 1. The fourth-order valence-electron chi connectivity index (χ4n) is 2.45. The molecule has 0 aliphatic carbocycles. The van der Waals surface area contributed by atoms with Crippen molar-refractivity contribution in [1.82, 2.24) is 4.90 Å². The molecule has 0 radical (unpaired) electrons. The summed E-state index contributed by atoms with van der Waals surface area (Å²) < 4.78 is 0. The summed E-state index contributed by atoms with van der Waals surface area (Å²) in [7, 11) is 0. The van der Waals surface area contributed by atoms with Gasteiger partial charge in [-0.3, -0.25) is 9.69 Å². The van der Waals surface area contributed by atoms with Crippen LogP contribution in [0.15, 0.2) is 18.2 Å². The molecule has 3 N–H and O–H groups in total. The molecule has 1 fully saturated rings. The third-order valence-corrected chi connectivity index (χ3v) is 4.61. The molecule has 2 unspecified atom stereocenters. The topological polar surface area (TPSA) is 58.4 Å². The first-order valence-electron chi connectivity index (χ1n) is 6.66.